The predicted octanol–water partition coefficient (Wildman–Crippen LogP) is 23.6. The normalized spacial score (nSPS) is 11.7. The maximum absolute atomic E-state index is 13.5. The van der Waals surface area contributed by atoms with Crippen LogP contribution in [-0.2, 0) is 46.5 Å². The molecule has 23 aromatic rings. The molecule has 0 saturated carbocycles. The summed E-state index contributed by atoms with van der Waals surface area (Å²) in [5.74, 6) is 0.219. The van der Waals surface area contributed by atoms with Gasteiger partial charge in [0, 0.05) is 114 Å². The summed E-state index contributed by atoms with van der Waals surface area (Å²) in [6.45, 7) is 1.43. The third kappa shape index (κ3) is 23.2. The molecule has 148 heavy (non-hydrogen) atoms. The van der Waals surface area contributed by atoms with E-state index in [1.807, 2.05) is 174 Å². The minimum Gasteiger partial charge on any atom is -0.463 e. The predicted molar refractivity (Wildman–Crippen MR) is 572 cm³/mol. The van der Waals surface area contributed by atoms with Gasteiger partial charge < -0.3 is 50.3 Å². The van der Waals surface area contributed by atoms with Gasteiger partial charge in [-0.15, -0.1) is 11.3 Å². The Labute approximate surface area is 848 Å². The van der Waals surface area contributed by atoms with Crippen molar-refractivity contribution in [2.45, 2.75) is 25.4 Å². The van der Waals surface area contributed by atoms with Crippen LogP contribution >= 0.6 is 22.7 Å². The highest BCUT2D eigenvalue weighted by Crippen LogP contribution is 2.42. The van der Waals surface area contributed by atoms with E-state index in [2.05, 4.69) is 152 Å². The van der Waals surface area contributed by atoms with Crippen molar-refractivity contribution in [2.75, 3.05) is 64.7 Å². The Balaban J connectivity index is 0.000000112. The molecule has 10 aromatic heterocycles. The van der Waals surface area contributed by atoms with Gasteiger partial charge in [0.25, 0.3) is 5.91 Å². The number of hydrogen-bond donors (Lipinski definition) is 13. The minimum absolute atomic E-state index is 0.0323. The van der Waals surface area contributed by atoms with E-state index in [4.69, 9.17) is 18.6 Å². The van der Waals surface area contributed by atoms with Gasteiger partial charge in [-0.25, -0.2) is 8.42 Å². The van der Waals surface area contributed by atoms with E-state index in [1.54, 1.807) is 114 Å². The number of rotatable bonds is 21. The maximum Gasteiger partial charge on any atom is 0.417 e. The molecule has 31 nitrogen and oxygen atoms in total. The molecule has 1 atom stereocenters. The average Bonchev–Trinajstić information content (AvgIpc) is 1.63. The summed E-state index contributed by atoms with van der Waals surface area (Å²) in [5.41, 5.74) is 17.4. The Kier molecular flexibility index (Phi) is 29.3. The zero-order chi connectivity index (χ0) is 102. The first-order valence-electron chi connectivity index (χ1n) is 46.0. The number of benzene rings is 13. The average molecular weight is 2030 g/mol. The number of nitrogens with one attached hydrogen (secondary N) is 12. The second kappa shape index (κ2) is 44.1. The van der Waals surface area contributed by atoms with E-state index < -0.39 is 27.7 Å². The van der Waals surface area contributed by atoms with Crippen LogP contribution < -0.4 is 40.8 Å². The van der Waals surface area contributed by atoms with Crippen LogP contribution in [0, 0.1) is 0 Å². The number of methoxy groups -OCH3 is 1. The van der Waals surface area contributed by atoms with Gasteiger partial charge in [-0.3, -0.25) is 64.3 Å². The third-order valence-corrected chi connectivity index (χ3v) is 25.8. The van der Waals surface area contributed by atoms with Crippen molar-refractivity contribution in [3.8, 4) is 78.6 Å². The number of H-pyrrole nitrogens is 6. The van der Waals surface area contributed by atoms with Gasteiger partial charge >= 0.3 is 6.18 Å². The van der Waals surface area contributed by atoms with Crippen molar-refractivity contribution in [2.24, 2.45) is 0 Å². The number of thiophene rings is 2. The van der Waals surface area contributed by atoms with Gasteiger partial charge in [0.05, 0.1) is 86.4 Å². The van der Waals surface area contributed by atoms with Crippen LogP contribution in [0.15, 0.2) is 348 Å². The number of furan rings is 1. The van der Waals surface area contributed by atoms with Crippen LogP contribution in [0.4, 0.5) is 47.3 Å². The second-order valence-corrected chi connectivity index (χ2v) is 37.4. The number of aliphatic hydroxyl groups is 1. The topological polar surface area (TPSA) is 438 Å². The van der Waals surface area contributed by atoms with Crippen LogP contribution in [0.5, 0.6) is 11.5 Å². The lowest BCUT2D eigenvalue weighted by atomic mass is 9.99. The number of aromatic nitrogens is 13. The molecule has 0 saturated heterocycles. The van der Waals surface area contributed by atoms with Gasteiger partial charge in [0.1, 0.15) is 35.1 Å². The number of halogens is 3. The van der Waals surface area contributed by atoms with Crippen LogP contribution in [0.25, 0.3) is 154 Å². The van der Waals surface area contributed by atoms with Gasteiger partial charge in [-0.1, -0.05) is 140 Å². The molecule has 0 spiro atoms. The van der Waals surface area contributed by atoms with Crippen molar-refractivity contribution in [3.05, 3.63) is 366 Å². The van der Waals surface area contributed by atoms with E-state index in [1.165, 1.54) is 48.4 Å². The molecule has 738 valence electrons. The smallest absolute Gasteiger partial charge is 0.417 e. The van der Waals surface area contributed by atoms with Crippen molar-refractivity contribution in [1.82, 2.24) is 66.2 Å². The van der Waals surface area contributed by atoms with Crippen LogP contribution in [-0.4, -0.2) is 143 Å². The molecule has 1 aliphatic heterocycles. The summed E-state index contributed by atoms with van der Waals surface area (Å²) in [5, 5.41) is 83.4. The monoisotopic (exact) mass is 2030 g/mol. The Morgan fingerprint density at radius 1 is 0.453 bits per heavy atom. The molecule has 1 aliphatic rings. The zero-order valence-electron chi connectivity index (χ0n) is 78.7. The van der Waals surface area contributed by atoms with E-state index in [-0.39, 0.29) is 67.2 Å². The number of pyridine rings is 1. The number of ether oxygens (including phenoxy) is 3. The highest BCUT2D eigenvalue weighted by atomic mass is 32.2. The summed E-state index contributed by atoms with van der Waals surface area (Å²) < 4.78 is 86.6. The lowest BCUT2D eigenvalue weighted by Crippen LogP contribution is -2.23. The number of alkyl halides is 3. The van der Waals surface area contributed by atoms with Gasteiger partial charge in [0.2, 0.25) is 40.4 Å². The fraction of sp³-hybridized carbons (Fsp3) is 0.0811. The van der Waals surface area contributed by atoms with Crippen LogP contribution in [0.1, 0.15) is 40.0 Å². The zero-order valence-corrected chi connectivity index (χ0v) is 81.2. The van der Waals surface area contributed by atoms with Crippen molar-refractivity contribution in [1.29, 1.82) is 0 Å². The van der Waals surface area contributed by atoms with E-state index in [0.29, 0.717) is 62.3 Å². The molecule has 0 aliphatic carbocycles. The number of aliphatic hydroxyl groups excluding tert-OH is 1. The summed E-state index contributed by atoms with van der Waals surface area (Å²) >= 11 is 3.26. The Bertz CT molecular complexity index is 8880. The van der Waals surface area contributed by atoms with Crippen molar-refractivity contribution >= 4 is 183 Å². The number of aromatic amines is 6. The van der Waals surface area contributed by atoms with Gasteiger partial charge in [0.15, 0.2) is 17.3 Å². The van der Waals surface area contributed by atoms with Crippen LogP contribution in [0.3, 0.4) is 0 Å². The molecule has 13 aromatic carbocycles. The molecule has 11 heterocycles. The van der Waals surface area contributed by atoms with E-state index in [0.717, 1.165) is 139 Å². The molecule has 13 N–H and O–H groups in total. The number of fused-ring (bicyclic) bond motifs is 9. The largest absolute Gasteiger partial charge is 0.463 e. The molecule has 0 bridgehead atoms. The van der Waals surface area contributed by atoms with Crippen molar-refractivity contribution in [3.63, 3.8) is 0 Å². The molecule has 5 amide bonds. The Morgan fingerprint density at radius 2 is 0.946 bits per heavy atom. The Hall–Kier alpha value is -18.6. The molecule has 37 heteroatoms. The van der Waals surface area contributed by atoms with Gasteiger partial charge in [-0.2, -0.15) is 55.1 Å². The fourth-order valence-electron chi connectivity index (χ4n) is 16.7. The number of carbonyl (C=O) groups excluding carboxylic acids is 5. The summed E-state index contributed by atoms with van der Waals surface area (Å²) in [6.07, 6.45) is -0.0881. The van der Waals surface area contributed by atoms with E-state index >= 15 is 0 Å². The second-order valence-electron chi connectivity index (χ2n) is 33.9. The van der Waals surface area contributed by atoms with Gasteiger partial charge in [-0.05, 0) is 219 Å². The SMILES string of the molecule is CC(=O)Nc1ccc2[nH]nc(-c3ccc4ccccc4c3)c2c1.COCC(=O)Nc1ccc2[nH]nc(-c3ccsc3)c2c1.CS(=O)(=O)Nc1ccc2[nH]nc(-c3ccc4ccccc4c3)c2c1.O=C(Cc1ccc2c(c1)OCO2)Nc1ccc2[nH]nc(-c3ccccc3C(F)(F)F)c2c1.O=C(Nc1ccc2[nH]nc(-c3ccco3)c2c1)C(CO)c1ccccc1.O=C(Nc1ccc2[nH]nc(-c3cccs3)c2c1)c1ccccn1. The van der Waals surface area contributed by atoms with Crippen LogP contribution in [0.2, 0.25) is 0 Å². The van der Waals surface area contributed by atoms with Crippen molar-refractivity contribution < 1.29 is 69.3 Å². The molecule has 0 fully saturated rings. The number of sulfonamides is 1. The van der Waals surface area contributed by atoms with E-state index in [9.17, 15) is 50.7 Å². The lowest BCUT2D eigenvalue weighted by molar-refractivity contribution is -0.137. The first-order valence-corrected chi connectivity index (χ1v) is 49.7. The maximum atomic E-state index is 13.5. The summed E-state index contributed by atoms with van der Waals surface area (Å²) in [6, 6.07) is 96.4. The number of carbonyl (C=O) groups is 5. The fourth-order valence-corrected chi connectivity index (χ4v) is 18.7. The molecular weight excluding hydrogens is 1940 g/mol. The highest BCUT2D eigenvalue weighted by Gasteiger charge is 2.35. The number of hydrogen-bond acceptors (Lipinski definition) is 21. The molecule has 1 unspecified atom stereocenters. The standard InChI is InChI=1S/C23H16F3N3O3.C20H17N3O3.C19H15N3O.C18H15N3O2S.C17H12N4OS.C14H13N3O2S/c24-23(25,26)17-4-2-1-3-15(17)22-16-11-14(6-7-18(16)28-29-22)27-21(30)10-13-5-8-19-20(9-13)32-12-31-19;24-12-16(13-5-2-1-3-6-13)20(25)21-14-8-9-17-15(11-14)19(23-22-17)18-7-4-10-26-18;1-12(23)20-16-8-9-18-17(11-16)19(22-21-18)15-7-6-13-4-2-3-5-14(13)10-15;1-24(22,23)21-15-8-9-17-16(11-15)18(20-19-17)14-7-6-12-4-2-3-5-13(12)10-14;22-17(14-4-1-2-8-18-14)19-11-6-7-13-12(10-11)16(21-20-13)15-5-3-9-23-15;1-19-7-13(18)15-10-2-3-12-11(6-10)14(17-16-12)9-4-5-20-8-9/h1-9,11H,10,12H2,(H,27,30)(H,28,29);1-11,16,24H,12H2,(H,21,25)(H,22,23);2-11H,1H3,(H,20,23)(H,21,22);2-11,21H,1H3,(H,19,20);1-10H,(H,19,22)(H,20,21);2-6,8H,7H2,1H3,(H,15,18)(H,16,17). The minimum atomic E-state index is -4.52. The molecular formula is C111H88F3N19O12S3. The number of nitrogens with zero attached hydrogens (tertiary/aromatic N) is 7. The number of amides is 5. The lowest BCUT2D eigenvalue weighted by Gasteiger charge is -2.15. The molecule has 0 radical (unpaired) electrons. The Morgan fingerprint density at radius 3 is 1.48 bits per heavy atom. The third-order valence-electron chi connectivity index (χ3n) is 23.6. The number of anilines is 6. The first kappa shape index (κ1) is 98.2. The summed E-state index contributed by atoms with van der Waals surface area (Å²) in [4.78, 5) is 65.3. The molecule has 24 rings (SSSR count). The first-order chi connectivity index (χ1) is 71.9. The quantitative estimate of drug-likeness (QED) is 0.0318. The highest BCUT2D eigenvalue weighted by molar-refractivity contribution is 7.92. The summed E-state index contributed by atoms with van der Waals surface area (Å²) in [7, 11) is -1.82.